The zero-order chi connectivity index (χ0) is 47.9. The van der Waals surface area contributed by atoms with Gasteiger partial charge in [-0.25, -0.2) is 0 Å². The first-order valence-electron chi connectivity index (χ1n) is 24.0. The van der Waals surface area contributed by atoms with Gasteiger partial charge in [-0.15, -0.1) is 0 Å². The van der Waals surface area contributed by atoms with Gasteiger partial charge in [0.15, 0.2) is 0 Å². The maximum absolute atomic E-state index is 9.74. The molecule has 7 aromatic carbocycles. The van der Waals surface area contributed by atoms with Crippen LogP contribution in [0.15, 0.2) is 157 Å². The van der Waals surface area contributed by atoms with Crippen molar-refractivity contribution < 1.29 is 35.6 Å². The van der Waals surface area contributed by atoms with Crippen molar-refractivity contribution in [3.8, 4) is 44.5 Å². The van der Waals surface area contributed by atoms with Crippen LogP contribution in [0.2, 0.25) is 0 Å². The zero-order valence-corrected chi connectivity index (χ0v) is 19.0. The molecule has 0 radical (unpaired) electrons. The Morgan fingerprint density at radius 2 is 0.605 bits per heavy atom. The highest BCUT2D eigenvalue weighted by Gasteiger charge is 2.17. The van der Waals surface area contributed by atoms with Gasteiger partial charge in [0.25, 0.3) is 0 Å². The van der Waals surface area contributed by atoms with E-state index in [4.69, 9.17) is 26.0 Å². The third kappa shape index (κ3) is 3.88. The number of hydrogen-bond donors (Lipinski definition) is 0. The Bertz CT molecular complexity index is 3220. The molecule has 0 aliphatic heterocycles. The van der Waals surface area contributed by atoms with Crippen LogP contribution in [-0.2, 0) is 0 Å². The molecule has 0 saturated carbocycles. The predicted molar refractivity (Wildman–Crippen MR) is 163 cm³/mol. The van der Waals surface area contributed by atoms with E-state index < -0.39 is 223 Å². The molecule has 0 spiro atoms. The van der Waals surface area contributed by atoms with Crippen LogP contribution in [0.1, 0.15) is 35.6 Å². The molecule has 0 unspecified atom stereocenters. The summed E-state index contributed by atoms with van der Waals surface area (Å²) in [4.78, 5) is 0. The van der Waals surface area contributed by atoms with Crippen LogP contribution in [0.5, 0.6) is 0 Å². The van der Waals surface area contributed by atoms with Crippen LogP contribution in [0.3, 0.4) is 0 Å². The van der Waals surface area contributed by atoms with E-state index in [2.05, 4.69) is 0 Å². The van der Waals surface area contributed by atoms with E-state index in [1.165, 1.54) is 0 Å². The zero-order valence-electron chi connectivity index (χ0n) is 45.0. The summed E-state index contributed by atoms with van der Waals surface area (Å²) in [5, 5.41) is -3.09. The van der Waals surface area contributed by atoms with E-state index in [-0.39, 0.29) is 0 Å². The van der Waals surface area contributed by atoms with Crippen LogP contribution in [0.4, 0.5) is 0 Å². The van der Waals surface area contributed by atoms with Crippen LogP contribution in [0, 0.1) is 0 Å². The molecule has 0 aliphatic carbocycles. The number of hydrogen-bond acceptors (Lipinski definition) is 0. The third-order valence-corrected chi connectivity index (χ3v) is 5.62. The van der Waals surface area contributed by atoms with E-state index in [0.717, 1.165) is 0 Å². The monoisotopic (exact) mass is 508 g/mol. The lowest BCUT2D eigenvalue weighted by atomic mass is 9.84. The summed E-state index contributed by atoms with van der Waals surface area (Å²) < 4.78 is 228. The van der Waals surface area contributed by atoms with E-state index in [1.807, 2.05) is 0 Å². The molecule has 0 heterocycles. The topological polar surface area (TPSA) is 0 Å². The van der Waals surface area contributed by atoms with Crippen molar-refractivity contribution in [2.45, 2.75) is 0 Å². The first kappa shape index (κ1) is 8.03. The second-order valence-electron chi connectivity index (χ2n) is 7.75. The minimum absolute atomic E-state index is 0.742. The van der Waals surface area contributed by atoms with E-state index in [0.29, 0.717) is 0 Å². The molecule has 0 amide bonds. The lowest BCUT2D eigenvalue weighted by molar-refractivity contribution is 1.61. The SMILES string of the molecule is [2H]c1c([2H])c([2H])c(-c2c([2H])c([2H])c(-c3c4c([2H])c([2H])c([2H])c([2H])c4c(-c4c([2H])c([2H])c([2H])c([2H])c4[2H])c4c([2H])c(-c5c([2H])c([2H])c([2H])c([2H])c5[2H])c([2H])c([2H])c34)c([2H])c2[2H])c([2H])c1[2H]. The number of benzene rings is 7. The largest absolute Gasteiger partial charge is 0.0636 e. The predicted octanol–water partition coefficient (Wildman–Crippen LogP) is 10.7. The van der Waals surface area contributed by atoms with Crippen LogP contribution in [0.25, 0.3) is 66.1 Å². The molecule has 7 aromatic rings. The molecule has 0 atom stereocenters. The third-order valence-electron chi connectivity index (χ3n) is 5.62. The normalized spacial score (nSPS) is 20.7. The first-order chi connectivity index (χ1) is 29.7. The Balaban J connectivity index is 1.89. The van der Waals surface area contributed by atoms with Crippen molar-refractivity contribution in [3.63, 3.8) is 0 Å². The van der Waals surface area contributed by atoms with E-state index in [1.54, 1.807) is 0 Å². The maximum atomic E-state index is 9.74. The summed E-state index contributed by atoms with van der Waals surface area (Å²) in [5.41, 5.74) is -6.40. The number of fused-ring (bicyclic) bond motifs is 2. The smallest absolute Gasteiger partial charge is 0.0622 e. The second-order valence-corrected chi connectivity index (χ2v) is 7.75. The fourth-order valence-electron chi connectivity index (χ4n) is 4.03. The van der Waals surface area contributed by atoms with Gasteiger partial charge in [0.2, 0.25) is 0 Å². The van der Waals surface area contributed by atoms with Gasteiger partial charge >= 0.3 is 0 Å². The Morgan fingerprint density at radius 3 is 1.18 bits per heavy atom. The standard InChI is InChI=1S/C38H26/c1-4-12-27(13-5-1)29-20-22-31(23-21-29)37-33-18-10-11-19-34(33)38(30-16-8-3-9-17-30)36-26-32(24-25-35(36)37)28-14-6-2-7-15-28/h1-26H/i1D,2D,3D,4D,5D,6D,7D,8D,9D,10D,11D,12D,13D,14D,15D,16D,17D,18D,19D,20D,21D,22D,23D,24D,25D,26D. The van der Waals surface area contributed by atoms with E-state index >= 15 is 0 Å². The van der Waals surface area contributed by atoms with Gasteiger partial charge in [0.05, 0.1) is 35.6 Å². The van der Waals surface area contributed by atoms with Crippen molar-refractivity contribution in [2.24, 2.45) is 0 Å². The summed E-state index contributed by atoms with van der Waals surface area (Å²) in [7, 11) is 0. The Labute approximate surface area is 260 Å². The highest BCUT2D eigenvalue weighted by atomic mass is 14.2. The molecule has 0 nitrogen and oxygen atoms in total. The Kier molecular flexibility index (Phi) is 2.01. The molecule has 0 fully saturated rings. The molecular weight excluding hydrogens is 456 g/mol. The molecular formula is C38H26. The van der Waals surface area contributed by atoms with Crippen molar-refractivity contribution in [2.75, 3.05) is 0 Å². The summed E-state index contributed by atoms with van der Waals surface area (Å²) in [6.07, 6.45) is 0. The quantitative estimate of drug-likeness (QED) is 0.207. The van der Waals surface area contributed by atoms with Crippen LogP contribution >= 0.6 is 0 Å². The molecule has 0 saturated heterocycles. The fraction of sp³-hybridized carbons (Fsp3) is 0. The molecule has 7 rings (SSSR count). The summed E-state index contributed by atoms with van der Waals surface area (Å²) in [6, 6.07) is -25.3. The lowest BCUT2D eigenvalue weighted by Gasteiger charge is -2.19. The van der Waals surface area contributed by atoms with Gasteiger partial charge in [-0.1, -0.05) is 151 Å². The minimum atomic E-state index is -1.08. The summed E-state index contributed by atoms with van der Waals surface area (Å²) in [5.74, 6) is 0. The van der Waals surface area contributed by atoms with Crippen molar-refractivity contribution in [1.29, 1.82) is 0 Å². The molecule has 0 aromatic heterocycles. The first-order valence-corrected chi connectivity index (χ1v) is 11.0. The molecule has 0 bridgehead atoms. The lowest BCUT2D eigenvalue weighted by Crippen LogP contribution is -1.92. The van der Waals surface area contributed by atoms with Crippen LogP contribution < -0.4 is 0 Å². The fourth-order valence-corrected chi connectivity index (χ4v) is 4.03. The average Bonchev–Trinajstić information content (AvgIpc) is 3.26. The average molecular weight is 509 g/mol. The van der Waals surface area contributed by atoms with Gasteiger partial charge < -0.3 is 0 Å². The Morgan fingerprint density at radius 1 is 0.263 bits per heavy atom. The molecule has 178 valence electrons. The summed E-state index contributed by atoms with van der Waals surface area (Å²) >= 11 is 0. The van der Waals surface area contributed by atoms with Gasteiger partial charge in [0.1, 0.15) is 0 Å². The van der Waals surface area contributed by atoms with Crippen molar-refractivity contribution >= 4 is 21.5 Å². The molecule has 38 heavy (non-hydrogen) atoms. The molecule has 0 heteroatoms. The number of rotatable bonds is 4. The minimum Gasteiger partial charge on any atom is -0.0622 e. The summed E-state index contributed by atoms with van der Waals surface area (Å²) in [6.45, 7) is 0. The Hall–Kier alpha value is -4.94. The molecule has 0 aliphatic rings. The van der Waals surface area contributed by atoms with Crippen molar-refractivity contribution in [3.05, 3.63) is 157 Å². The van der Waals surface area contributed by atoms with Crippen LogP contribution in [-0.4, -0.2) is 0 Å². The maximum Gasteiger partial charge on any atom is 0.0636 e. The highest BCUT2D eigenvalue weighted by molar-refractivity contribution is 6.22. The second kappa shape index (κ2) is 9.50. The highest BCUT2D eigenvalue weighted by Crippen LogP contribution is 2.44. The van der Waals surface area contributed by atoms with Gasteiger partial charge in [-0.2, -0.15) is 0 Å². The van der Waals surface area contributed by atoms with Gasteiger partial charge in [-0.05, 0) is 72.1 Å². The van der Waals surface area contributed by atoms with Gasteiger partial charge in [-0.3, -0.25) is 0 Å². The molecule has 0 N–H and O–H groups in total. The van der Waals surface area contributed by atoms with E-state index in [9.17, 15) is 9.60 Å². The van der Waals surface area contributed by atoms with Crippen molar-refractivity contribution in [1.82, 2.24) is 0 Å². The van der Waals surface area contributed by atoms with Gasteiger partial charge in [0, 0.05) is 0 Å².